The number of thioether (sulfide) groups is 1. The maximum absolute atomic E-state index is 11.2. The molecule has 0 aliphatic rings. The molecule has 0 heterocycles. The first-order chi connectivity index (χ1) is 11.0. The number of carboxylic acids is 1. The Morgan fingerprint density at radius 2 is 1.46 bits per heavy atom. The number of phenols is 1. The van der Waals surface area contributed by atoms with Crippen LogP contribution < -0.4 is 0 Å². The fourth-order valence-electron chi connectivity index (χ4n) is 2.46. The first kappa shape index (κ1) is 18.4. The molecule has 0 spiro atoms. The Balaban J connectivity index is 2.28. The van der Waals surface area contributed by atoms with Gasteiger partial charge in [0.2, 0.25) is 0 Å². The third kappa shape index (κ3) is 4.12. The quantitative estimate of drug-likeness (QED) is 0.728. The molecule has 0 aliphatic carbocycles. The molecular weight excluding hydrogens is 320 g/mol. The minimum absolute atomic E-state index is 0.0655. The van der Waals surface area contributed by atoms with Crippen molar-refractivity contribution in [2.24, 2.45) is 0 Å². The Morgan fingerprint density at radius 1 is 0.917 bits per heavy atom. The number of aromatic hydroxyl groups is 1. The van der Waals surface area contributed by atoms with Crippen molar-refractivity contribution >= 4 is 17.7 Å². The molecule has 4 heteroatoms. The second-order valence-corrected chi connectivity index (χ2v) is 9.12. The maximum atomic E-state index is 11.2. The van der Waals surface area contributed by atoms with Gasteiger partial charge >= 0.3 is 5.97 Å². The first-order valence-electron chi connectivity index (χ1n) is 7.87. The molecule has 0 saturated carbocycles. The number of benzene rings is 2. The molecule has 2 N–H and O–H groups in total. The van der Waals surface area contributed by atoms with Crippen molar-refractivity contribution in [1.82, 2.24) is 0 Å². The third-order valence-corrected chi connectivity index (χ3v) is 5.27. The van der Waals surface area contributed by atoms with Gasteiger partial charge in [-0.05, 0) is 54.7 Å². The van der Waals surface area contributed by atoms with E-state index in [-0.39, 0.29) is 21.5 Å². The van der Waals surface area contributed by atoms with Crippen molar-refractivity contribution < 1.29 is 15.0 Å². The molecule has 0 amide bonds. The van der Waals surface area contributed by atoms with Gasteiger partial charge in [0, 0.05) is 9.64 Å². The minimum Gasteiger partial charge on any atom is -0.507 e. The lowest BCUT2D eigenvalue weighted by Crippen LogP contribution is -2.13. The number of carbonyl (C=O) groups is 1. The van der Waals surface area contributed by atoms with Crippen LogP contribution >= 0.6 is 11.8 Å². The van der Waals surface area contributed by atoms with Crippen molar-refractivity contribution in [3.05, 3.63) is 59.2 Å². The van der Waals surface area contributed by atoms with Gasteiger partial charge in [0.15, 0.2) is 0 Å². The van der Waals surface area contributed by atoms with Crippen molar-refractivity contribution in [3.8, 4) is 5.75 Å². The molecular formula is C20H24O3S. The molecule has 0 fully saturated rings. The number of hydrogen-bond donors (Lipinski definition) is 2. The summed E-state index contributed by atoms with van der Waals surface area (Å²) in [6.45, 7) is 10.6. The fraction of sp³-hybridized carbons (Fsp3) is 0.350. The Hall–Kier alpha value is -1.94. The lowest BCUT2D eigenvalue weighted by Gasteiger charge is -2.26. The highest BCUT2D eigenvalue weighted by Crippen LogP contribution is 2.42. The molecule has 0 unspecified atom stereocenters. The average molecular weight is 344 g/mol. The fourth-order valence-corrected chi connectivity index (χ4v) is 3.56. The van der Waals surface area contributed by atoms with Crippen LogP contribution in [0.15, 0.2) is 47.4 Å². The van der Waals surface area contributed by atoms with Gasteiger partial charge in [-0.3, -0.25) is 0 Å². The van der Waals surface area contributed by atoms with E-state index in [1.165, 1.54) is 11.6 Å². The van der Waals surface area contributed by atoms with Crippen LogP contribution in [0.5, 0.6) is 5.75 Å². The van der Waals surface area contributed by atoms with E-state index in [0.717, 1.165) is 10.5 Å². The third-order valence-electron chi connectivity index (χ3n) is 4.02. The lowest BCUT2D eigenvalue weighted by atomic mass is 9.87. The summed E-state index contributed by atoms with van der Waals surface area (Å²) in [5.41, 5.74) is 2.20. The standard InChI is InChI=1S/C20H24O3S/c1-19(2,3)13-6-9-15(10-7-13)24-20(4,5)14-8-11-17(21)16(12-14)18(22)23/h6-12,21H,1-5H3,(H,22,23). The Labute approximate surface area is 147 Å². The van der Waals surface area contributed by atoms with Crippen molar-refractivity contribution in [2.75, 3.05) is 0 Å². The summed E-state index contributed by atoms with van der Waals surface area (Å²) in [7, 11) is 0. The Bertz CT molecular complexity index is 740. The van der Waals surface area contributed by atoms with Crippen LogP contribution in [-0.2, 0) is 10.2 Å². The van der Waals surface area contributed by atoms with Gasteiger partial charge in [-0.2, -0.15) is 0 Å². The summed E-state index contributed by atoms with van der Waals surface area (Å²) in [6.07, 6.45) is 0. The zero-order valence-corrected chi connectivity index (χ0v) is 15.6. The monoisotopic (exact) mass is 344 g/mol. The van der Waals surface area contributed by atoms with Crippen LogP contribution in [0, 0.1) is 0 Å². The predicted octanol–water partition coefficient (Wildman–Crippen LogP) is 5.42. The van der Waals surface area contributed by atoms with E-state index >= 15 is 0 Å². The van der Waals surface area contributed by atoms with Crippen LogP contribution in [0.4, 0.5) is 0 Å². The number of carboxylic acid groups (broad SMARTS) is 1. The van der Waals surface area contributed by atoms with Gasteiger partial charge in [-0.15, -0.1) is 11.8 Å². The molecule has 2 aromatic carbocycles. The molecule has 0 bridgehead atoms. The van der Waals surface area contributed by atoms with E-state index in [4.69, 9.17) is 0 Å². The zero-order valence-electron chi connectivity index (χ0n) is 14.8. The number of rotatable bonds is 4. The lowest BCUT2D eigenvalue weighted by molar-refractivity contribution is 0.0693. The molecule has 0 aromatic heterocycles. The summed E-state index contributed by atoms with van der Waals surface area (Å²) < 4.78 is -0.318. The minimum atomic E-state index is -1.12. The molecule has 128 valence electrons. The highest BCUT2D eigenvalue weighted by molar-refractivity contribution is 8.00. The smallest absolute Gasteiger partial charge is 0.339 e. The Kier molecular flexibility index (Phi) is 5.00. The molecule has 2 rings (SSSR count). The summed E-state index contributed by atoms with van der Waals surface area (Å²) in [5, 5.41) is 18.9. The van der Waals surface area contributed by atoms with Gasteiger partial charge in [0.1, 0.15) is 11.3 Å². The highest BCUT2D eigenvalue weighted by atomic mass is 32.2. The molecule has 0 radical (unpaired) electrons. The van der Waals surface area contributed by atoms with Crippen LogP contribution in [0.25, 0.3) is 0 Å². The number of aromatic carboxylic acids is 1. The van der Waals surface area contributed by atoms with Crippen molar-refractivity contribution in [3.63, 3.8) is 0 Å². The molecule has 3 nitrogen and oxygen atoms in total. The van der Waals surface area contributed by atoms with Gasteiger partial charge in [-0.1, -0.05) is 39.0 Å². The van der Waals surface area contributed by atoms with Crippen molar-refractivity contribution in [2.45, 2.75) is 49.7 Å². The molecule has 2 aromatic rings. The number of hydrogen-bond acceptors (Lipinski definition) is 3. The van der Waals surface area contributed by atoms with E-state index in [1.54, 1.807) is 23.9 Å². The van der Waals surface area contributed by atoms with Crippen LogP contribution in [-0.4, -0.2) is 16.2 Å². The van der Waals surface area contributed by atoms with Crippen molar-refractivity contribution in [1.29, 1.82) is 0 Å². The van der Waals surface area contributed by atoms with E-state index in [0.29, 0.717) is 0 Å². The van der Waals surface area contributed by atoms with E-state index in [2.05, 4.69) is 45.0 Å². The first-order valence-corrected chi connectivity index (χ1v) is 8.69. The largest absolute Gasteiger partial charge is 0.507 e. The summed E-state index contributed by atoms with van der Waals surface area (Å²) in [5.74, 6) is -1.33. The van der Waals surface area contributed by atoms with Gasteiger partial charge in [-0.25, -0.2) is 4.79 Å². The molecule has 0 aliphatic heterocycles. The van der Waals surface area contributed by atoms with Crippen LogP contribution in [0.1, 0.15) is 56.1 Å². The normalized spacial score (nSPS) is 12.2. The van der Waals surface area contributed by atoms with E-state index in [1.807, 2.05) is 13.8 Å². The topological polar surface area (TPSA) is 57.5 Å². The molecule has 0 atom stereocenters. The SMILES string of the molecule is CC(C)(C)c1ccc(SC(C)(C)c2ccc(O)c(C(=O)O)c2)cc1. The predicted molar refractivity (Wildman–Crippen MR) is 99.1 cm³/mol. The van der Waals surface area contributed by atoms with Crippen LogP contribution in [0.3, 0.4) is 0 Å². The average Bonchev–Trinajstić information content (AvgIpc) is 2.46. The second-order valence-electron chi connectivity index (χ2n) is 7.42. The summed E-state index contributed by atoms with van der Waals surface area (Å²) >= 11 is 1.67. The highest BCUT2D eigenvalue weighted by Gasteiger charge is 2.25. The molecule has 0 saturated heterocycles. The molecule has 24 heavy (non-hydrogen) atoms. The van der Waals surface area contributed by atoms with Crippen LogP contribution in [0.2, 0.25) is 0 Å². The summed E-state index contributed by atoms with van der Waals surface area (Å²) in [6, 6.07) is 13.3. The zero-order chi connectivity index (χ0) is 18.1. The van der Waals surface area contributed by atoms with Gasteiger partial charge in [0.05, 0.1) is 0 Å². The maximum Gasteiger partial charge on any atom is 0.339 e. The van der Waals surface area contributed by atoms with Gasteiger partial charge in [0.25, 0.3) is 0 Å². The Morgan fingerprint density at radius 3 is 1.96 bits per heavy atom. The van der Waals surface area contributed by atoms with Gasteiger partial charge < -0.3 is 10.2 Å². The van der Waals surface area contributed by atoms with E-state index in [9.17, 15) is 15.0 Å². The van der Waals surface area contributed by atoms with E-state index < -0.39 is 5.97 Å². The second kappa shape index (κ2) is 6.52. The summed E-state index contributed by atoms with van der Waals surface area (Å²) in [4.78, 5) is 12.3.